The number of piperidine rings is 1. The lowest BCUT2D eigenvalue weighted by Crippen LogP contribution is -2.60. The zero-order valence-corrected chi connectivity index (χ0v) is 24.5. The van der Waals surface area contributed by atoms with Gasteiger partial charge in [0.15, 0.2) is 0 Å². The summed E-state index contributed by atoms with van der Waals surface area (Å²) in [6, 6.07) is 2.18. The number of hydrogen-bond donors (Lipinski definition) is 0. The van der Waals surface area contributed by atoms with Crippen LogP contribution < -0.4 is 0 Å². The molecule has 2 unspecified atom stereocenters. The summed E-state index contributed by atoms with van der Waals surface area (Å²) in [6.07, 6.45) is 5.52. The summed E-state index contributed by atoms with van der Waals surface area (Å²) in [7, 11) is 0. The summed E-state index contributed by atoms with van der Waals surface area (Å²) in [5, 5.41) is -0.116. The number of hydrogen-bond acceptors (Lipinski definition) is 4. The highest BCUT2D eigenvalue weighted by Crippen LogP contribution is 2.38. The number of piperazine rings is 1. The molecule has 0 radical (unpaired) electrons. The predicted octanol–water partition coefficient (Wildman–Crippen LogP) is 5.84. The lowest BCUT2D eigenvalue weighted by Gasteiger charge is -2.50. The van der Waals surface area contributed by atoms with Gasteiger partial charge in [-0.15, -0.1) is 11.6 Å². The summed E-state index contributed by atoms with van der Waals surface area (Å²) < 4.78 is 39.7. The van der Waals surface area contributed by atoms with Crippen LogP contribution in [-0.4, -0.2) is 75.6 Å². The van der Waals surface area contributed by atoms with Crippen LogP contribution in [0.2, 0.25) is 0 Å². The van der Waals surface area contributed by atoms with Crippen LogP contribution in [0.15, 0.2) is 42.1 Å². The number of halogens is 4. The molecule has 1 aromatic rings. The van der Waals surface area contributed by atoms with E-state index < -0.39 is 11.9 Å². The fraction of sp³-hybridized carbons (Fsp3) is 0.633. The molecule has 6 nitrogen and oxygen atoms in total. The van der Waals surface area contributed by atoms with E-state index in [2.05, 4.69) is 36.7 Å². The average molecular weight is 581 g/mol. The third-order valence-electron chi connectivity index (χ3n) is 8.40. The minimum atomic E-state index is -4.50. The molecule has 2 saturated heterocycles. The van der Waals surface area contributed by atoms with Crippen molar-refractivity contribution < 1.29 is 22.8 Å². The van der Waals surface area contributed by atoms with Crippen molar-refractivity contribution >= 4 is 23.4 Å². The summed E-state index contributed by atoms with van der Waals surface area (Å²) in [5.74, 6) is 0.472. The number of amides is 2. The Hall–Kier alpha value is -2.39. The highest BCUT2D eigenvalue weighted by atomic mass is 35.5. The molecule has 220 valence electrons. The smallest absolute Gasteiger partial charge is 0.343 e. The van der Waals surface area contributed by atoms with Gasteiger partial charge in [0.1, 0.15) is 5.69 Å². The van der Waals surface area contributed by atoms with Gasteiger partial charge in [0.05, 0.1) is 11.4 Å². The first-order chi connectivity index (χ1) is 18.7. The molecule has 4 rings (SSSR count). The van der Waals surface area contributed by atoms with Crippen LogP contribution in [0.3, 0.4) is 0 Å². The number of nitrogens with zero attached hydrogens (tertiary/aromatic N) is 4. The number of carbonyl (C=O) groups is 2. The van der Waals surface area contributed by atoms with Crippen LogP contribution >= 0.6 is 11.6 Å². The third kappa shape index (κ3) is 7.27. The molecular weight excluding hydrogens is 541 g/mol. The summed E-state index contributed by atoms with van der Waals surface area (Å²) in [6.45, 7) is 11.0. The minimum absolute atomic E-state index is 0.0788. The Balaban J connectivity index is 1.54. The van der Waals surface area contributed by atoms with E-state index in [1.165, 1.54) is 12.3 Å². The van der Waals surface area contributed by atoms with E-state index >= 15 is 0 Å². The molecule has 2 amide bonds. The molecule has 40 heavy (non-hydrogen) atoms. The molecule has 0 bridgehead atoms. The van der Waals surface area contributed by atoms with Crippen molar-refractivity contribution in [1.29, 1.82) is 0 Å². The van der Waals surface area contributed by atoms with Gasteiger partial charge in [0.25, 0.3) is 0 Å². The first-order valence-corrected chi connectivity index (χ1v) is 14.5. The Morgan fingerprint density at radius 2 is 1.80 bits per heavy atom. The van der Waals surface area contributed by atoms with Gasteiger partial charge in [0, 0.05) is 58.3 Å². The lowest BCUT2D eigenvalue weighted by molar-refractivity contribution is -0.142. The van der Waals surface area contributed by atoms with E-state index in [1.54, 1.807) is 6.92 Å². The fourth-order valence-electron chi connectivity index (χ4n) is 6.06. The van der Waals surface area contributed by atoms with E-state index in [1.807, 2.05) is 22.0 Å². The quantitative estimate of drug-likeness (QED) is 0.411. The Kier molecular flexibility index (Phi) is 9.35. The number of rotatable bonds is 5. The normalized spacial score (nSPS) is 24.1. The van der Waals surface area contributed by atoms with E-state index in [4.69, 9.17) is 11.6 Å². The van der Waals surface area contributed by atoms with Gasteiger partial charge < -0.3 is 9.80 Å². The van der Waals surface area contributed by atoms with Crippen molar-refractivity contribution in [2.45, 2.75) is 77.0 Å². The molecule has 0 saturated carbocycles. The van der Waals surface area contributed by atoms with Gasteiger partial charge in [-0.3, -0.25) is 19.5 Å². The van der Waals surface area contributed by atoms with E-state index in [0.29, 0.717) is 51.1 Å². The number of allylic oxidation sites excluding steroid dienone is 2. The monoisotopic (exact) mass is 580 g/mol. The zero-order valence-electron chi connectivity index (χ0n) is 23.8. The first-order valence-electron chi connectivity index (χ1n) is 14.1. The van der Waals surface area contributed by atoms with Gasteiger partial charge in [-0.25, -0.2) is 0 Å². The average Bonchev–Trinajstić information content (AvgIpc) is 2.89. The SMILES string of the molecule is CC(=O)N1CCC(CC(=O)N2CCN(C(C3=CCC(Cl)C=C3)c3ccc(C(F)(F)F)nc3)C[C@@H]2C(C)(C)C)CC1. The largest absolute Gasteiger partial charge is 0.433 e. The molecule has 1 aromatic heterocycles. The summed E-state index contributed by atoms with van der Waals surface area (Å²) in [5.41, 5.74) is 0.527. The van der Waals surface area contributed by atoms with Crippen molar-refractivity contribution in [3.8, 4) is 0 Å². The van der Waals surface area contributed by atoms with Gasteiger partial charge in [-0.2, -0.15) is 13.2 Å². The number of alkyl halides is 4. The number of aromatic nitrogens is 1. The van der Waals surface area contributed by atoms with Gasteiger partial charge in [0.2, 0.25) is 11.8 Å². The van der Waals surface area contributed by atoms with Crippen LogP contribution in [0.1, 0.15) is 70.7 Å². The predicted molar refractivity (Wildman–Crippen MR) is 150 cm³/mol. The molecule has 1 aliphatic carbocycles. The first kappa shape index (κ1) is 30.6. The third-order valence-corrected chi connectivity index (χ3v) is 8.73. The molecule has 3 heterocycles. The number of pyridine rings is 1. The van der Waals surface area contributed by atoms with Gasteiger partial charge in [-0.1, -0.05) is 45.1 Å². The molecule has 3 atom stereocenters. The Morgan fingerprint density at radius 3 is 2.33 bits per heavy atom. The minimum Gasteiger partial charge on any atom is -0.343 e. The van der Waals surface area contributed by atoms with Crippen molar-refractivity contribution in [1.82, 2.24) is 19.7 Å². The zero-order chi connectivity index (χ0) is 29.2. The molecule has 0 spiro atoms. The van der Waals surface area contributed by atoms with Crippen LogP contribution in [0, 0.1) is 11.3 Å². The number of likely N-dealkylation sites (tertiary alicyclic amines) is 1. The summed E-state index contributed by atoms with van der Waals surface area (Å²) >= 11 is 6.28. The van der Waals surface area contributed by atoms with E-state index in [9.17, 15) is 22.8 Å². The maximum absolute atomic E-state index is 13.6. The molecule has 0 N–H and O–H groups in total. The highest BCUT2D eigenvalue weighted by Gasteiger charge is 2.41. The Labute approximate surface area is 240 Å². The van der Waals surface area contributed by atoms with Crippen LogP contribution in [0.4, 0.5) is 13.2 Å². The van der Waals surface area contributed by atoms with Crippen molar-refractivity contribution in [2.75, 3.05) is 32.7 Å². The van der Waals surface area contributed by atoms with Gasteiger partial charge in [-0.05, 0) is 47.8 Å². The standard InChI is InChI=1S/C30H40ClF3N4O2/c1-20(39)36-13-11-21(12-14-36)17-27(40)38-16-15-37(19-26(38)29(2,3)4)28(22-5-8-24(31)9-6-22)23-7-10-25(35-18-23)30(32,33)34/h5-8,10,18,21,24,26,28H,9,11-17,19H2,1-4H3/t24?,26-,28?/m1/s1. The van der Waals surface area contributed by atoms with Crippen LogP contribution in [0.5, 0.6) is 0 Å². The molecule has 10 heteroatoms. The molecule has 3 aliphatic rings. The maximum Gasteiger partial charge on any atom is 0.433 e. The van der Waals surface area contributed by atoms with E-state index in [-0.39, 0.29) is 40.6 Å². The second-order valence-electron chi connectivity index (χ2n) is 12.3. The molecule has 0 aromatic carbocycles. The van der Waals surface area contributed by atoms with Crippen molar-refractivity contribution in [3.05, 3.63) is 53.4 Å². The molecule has 2 aliphatic heterocycles. The lowest BCUT2D eigenvalue weighted by atomic mass is 9.82. The van der Waals surface area contributed by atoms with Crippen LogP contribution in [-0.2, 0) is 15.8 Å². The van der Waals surface area contributed by atoms with Crippen LogP contribution in [0.25, 0.3) is 0 Å². The highest BCUT2D eigenvalue weighted by molar-refractivity contribution is 6.22. The second kappa shape index (κ2) is 12.2. The number of carbonyl (C=O) groups excluding carboxylic acids is 2. The van der Waals surface area contributed by atoms with E-state index in [0.717, 1.165) is 24.5 Å². The van der Waals surface area contributed by atoms with Gasteiger partial charge >= 0.3 is 6.18 Å². The Morgan fingerprint density at radius 1 is 1.10 bits per heavy atom. The fourth-order valence-corrected chi connectivity index (χ4v) is 6.22. The second-order valence-corrected chi connectivity index (χ2v) is 12.9. The Bertz CT molecular complexity index is 1120. The van der Waals surface area contributed by atoms with Crippen molar-refractivity contribution in [3.63, 3.8) is 0 Å². The molecule has 2 fully saturated rings. The topological polar surface area (TPSA) is 56.8 Å². The molecular formula is C30H40ClF3N4O2. The van der Waals surface area contributed by atoms with Crippen molar-refractivity contribution in [2.24, 2.45) is 11.3 Å². The maximum atomic E-state index is 13.6. The summed E-state index contributed by atoms with van der Waals surface area (Å²) in [4.78, 5) is 35.2.